The van der Waals surface area contributed by atoms with Crippen molar-refractivity contribution in [1.82, 2.24) is 4.90 Å². The first-order valence-corrected chi connectivity index (χ1v) is 7.13. The van der Waals surface area contributed by atoms with Crippen molar-refractivity contribution in [1.29, 1.82) is 0 Å². The number of rotatable bonds is 5. The number of ketones is 1. The Balaban J connectivity index is 1.70. The molecule has 0 bridgehead atoms. The Hall–Kier alpha value is -1.35. The van der Waals surface area contributed by atoms with E-state index in [-0.39, 0.29) is 5.92 Å². The van der Waals surface area contributed by atoms with Crippen molar-refractivity contribution >= 4 is 5.78 Å². The van der Waals surface area contributed by atoms with E-state index < -0.39 is 0 Å². The monoisotopic (exact) mass is 261 g/mol. The van der Waals surface area contributed by atoms with Gasteiger partial charge in [-0.05, 0) is 25.5 Å². The average molecular weight is 261 g/mol. The van der Waals surface area contributed by atoms with E-state index in [4.69, 9.17) is 4.74 Å². The number of hydrogen-bond acceptors (Lipinski definition) is 3. The highest BCUT2D eigenvalue weighted by molar-refractivity contribution is 5.82. The van der Waals surface area contributed by atoms with Crippen LogP contribution in [0.25, 0.3) is 0 Å². The van der Waals surface area contributed by atoms with Crippen LogP contribution in [0.4, 0.5) is 0 Å². The number of ether oxygens (including phenoxy) is 1. The van der Waals surface area contributed by atoms with E-state index in [0.29, 0.717) is 18.2 Å². The fourth-order valence-corrected chi connectivity index (χ4v) is 2.56. The van der Waals surface area contributed by atoms with Crippen LogP contribution in [0.2, 0.25) is 0 Å². The van der Waals surface area contributed by atoms with E-state index in [1.807, 2.05) is 37.3 Å². The molecule has 1 aromatic carbocycles. The zero-order chi connectivity index (χ0) is 13.7. The van der Waals surface area contributed by atoms with Gasteiger partial charge in [-0.3, -0.25) is 9.69 Å². The number of likely N-dealkylation sites (tertiary alicyclic amines) is 1. The summed E-state index contributed by atoms with van der Waals surface area (Å²) in [6.45, 7) is 6.83. The second-order valence-electron chi connectivity index (χ2n) is 5.30. The van der Waals surface area contributed by atoms with Gasteiger partial charge in [-0.2, -0.15) is 0 Å². The lowest BCUT2D eigenvalue weighted by Gasteiger charge is -2.36. The molecule has 0 aromatic heterocycles. The van der Waals surface area contributed by atoms with E-state index in [1.165, 1.54) is 0 Å². The highest BCUT2D eigenvalue weighted by Gasteiger charge is 2.30. The third kappa shape index (κ3) is 3.80. The first-order valence-electron chi connectivity index (χ1n) is 7.13. The number of benzene rings is 1. The molecule has 1 saturated heterocycles. The van der Waals surface area contributed by atoms with Crippen LogP contribution in [0.1, 0.15) is 26.7 Å². The SMILES string of the molecule is CC1C(=O)CCN(CCCOc2ccccc2)C1C. The van der Waals surface area contributed by atoms with Crippen molar-refractivity contribution in [3.05, 3.63) is 30.3 Å². The Kier molecular flexibility index (Phi) is 4.97. The lowest BCUT2D eigenvalue weighted by molar-refractivity contribution is -0.127. The summed E-state index contributed by atoms with van der Waals surface area (Å²) < 4.78 is 5.69. The average Bonchev–Trinajstić information content (AvgIpc) is 2.44. The maximum atomic E-state index is 11.6. The molecule has 1 aliphatic rings. The minimum absolute atomic E-state index is 0.170. The van der Waals surface area contributed by atoms with Crippen LogP contribution >= 0.6 is 0 Å². The van der Waals surface area contributed by atoms with Gasteiger partial charge in [0, 0.05) is 31.5 Å². The van der Waals surface area contributed by atoms with Gasteiger partial charge in [-0.25, -0.2) is 0 Å². The van der Waals surface area contributed by atoms with Crippen molar-refractivity contribution in [2.45, 2.75) is 32.7 Å². The van der Waals surface area contributed by atoms with Crippen molar-refractivity contribution < 1.29 is 9.53 Å². The maximum absolute atomic E-state index is 11.6. The van der Waals surface area contributed by atoms with Crippen LogP contribution in [0, 0.1) is 5.92 Å². The Morgan fingerprint density at radius 1 is 1.26 bits per heavy atom. The van der Waals surface area contributed by atoms with Crippen LogP contribution in [0.3, 0.4) is 0 Å². The number of Topliss-reactive ketones (excluding diaryl/α,β-unsaturated/α-hetero) is 1. The molecule has 2 unspecified atom stereocenters. The predicted molar refractivity (Wildman–Crippen MR) is 76.4 cm³/mol. The molecule has 3 heteroatoms. The van der Waals surface area contributed by atoms with Gasteiger partial charge in [-0.1, -0.05) is 25.1 Å². The second-order valence-corrected chi connectivity index (χ2v) is 5.30. The first-order chi connectivity index (χ1) is 9.18. The molecule has 0 amide bonds. The molecule has 1 aromatic rings. The number of para-hydroxylation sites is 1. The van der Waals surface area contributed by atoms with Crippen LogP contribution < -0.4 is 4.74 Å². The maximum Gasteiger partial charge on any atom is 0.138 e. The van der Waals surface area contributed by atoms with Gasteiger partial charge in [0.25, 0.3) is 0 Å². The minimum Gasteiger partial charge on any atom is -0.494 e. The van der Waals surface area contributed by atoms with E-state index >= 15 is 0 Å². The fraction of sp³-hybridized carbons (Fsp3) is 0.562. The van der Waals surface area contributed by atoms with Gasteiger partial charge in [0.15, 0.2) is 0 Å². The van der Waals surface area contributed by atoms with Crippen molar-refractivity contribution in [2.75, 3.05) is 19.7 Å². The summed E-state index contributed by atoms with van der Waals surface area (Å²) in [5.74, 6) is 1.51. The largest absolute Gasteiger partial charge is 0.494 e. The van der Waals surface area contributed by atoms with Crippen LogP contribution in [-0.2, 0) is 4.79 Å². The molecular formula is C16H23NO2. The van der Waals surface area contributed by atoms with Crippen LogP contribution in [0.15, 0.2) is 30.3 Å². The number of hydrogen-bond donors (Lipinski definition) is 0. The molecule has 104 valence electrons. The third-order valence-electron chi connectivity index (χ3n) is 4.05. The molecule has 1 heterocycles. The summed E-state index contributed by atoms with van der Waals surface area (Å²) in [7, 11) is 0. The highest BCUT2D eigenvalue weighted by atomic mass is 16.5. The summed E-state index contributed by atoms with van der Waals surface area (Å²) >= 11 is 0. The third-order valence-corrected chi connectivity index (χ3v) is 4.05. The molecule has 0 saturated carbocycles. The van der Waals surface area contributed by atoms with Gasteiger partial charge in [-0.15, -0.1) is 0 Å². The quantitative estimate of drug-likeness (QED) is 0.763. The summed E-state index contributed by atoms with van der Waals surface area (Å²) in [6, 6.07) is 10.3. The Labute approximate surface area is 115 Å². The molecular weight excluding hydrogens is 238 g/mol. The standard InChI is InChI=1S/C16H23NO2/c1-13-14(2)17(11-9-16(13)18)10-6-12-19-15-7-4-3-5-8-15/h3-5,7-8,13-14H,6,9-12H2,1-2H3. The Morgan fingerprint density at radius 2 is 2.00 bits per heavy atom. The molecule has 3 nitrogen and oxygen atoms in total. The first kappa shape index (κ1) is 14.1. The number of carbonyl (C=O) groups is 1. The summed E-state index contributed by atoms with van der Waals surface area (Å²) in [4.78, 5) is 14.0. The molecule has 0 N–H and O–H groups in total. The number of carbonyl (C=O) groups excluding carboxylic acids is 1. The molecule has 0 radical (unpaired) electrons. The molecule has 0 aliphatic carbocycles. The summed E-state index contributed by atoms with van der Waals surface area (Å²) in [6.07, 6.45) is 1.70. The fourth-order valence-electron chi connectivity index (χ4n) is 2.56. The molecule has 2 rings (SSSR count). The second kappa shape index (κ2) is 6.71. The number of piperidine rings is 1. The summed E-state index contributed by atoms with van der Waals surface area (Å²) in [5, 5.41) is 0. The van der Waals surface area contributed by atoms with Crippen LogP contribution in [0.5, 0.6) is 5.75 Å². The molecule has 1 aliphatic heterocycles. The molecule has 1 fully saturated rings. The number of nitrogens with zero attached hydrogens (tertiary/aromatic N) is 1. The molecule has 2 atom stereocenters. The molecule has 19 heavy (non-hydrogen) atoms. The minimum atomic E-state index is 0.170. The van der Waals surface area contributed by atoms with E-state index in [9.17, 15) is 4.79 Å². The predicted octanol–water partition coefficient (Wildman–Crippen LogP) is 2.75. The van der Waals surface area contributed by atoms with E-state index in [1.54, 1.807) is 0 Å². The lowest BCUT2D eigenvalue weighted by atomic mass is 9.90. The van der Waals surface area contributed by atoms with E-state index in [2.05, 4.69) is 11.8 Å². The van der Waals surface area contributed by atoms with E-state index in [0.717, 1.165) is 31.9 Å². The smallest absolute Gasteiger partial charge is 0.138 e. The van der Waals surface area contributed by atoms with Gasteiger partial charge in [0.1, 0.15) is 11.5 Å². The van der Waals surface area contributed by atoms with Crippen LogP contribution in [-0.4, -0.2) is 36.4 Å². The zero-order valence-corrected chi connectivity index (χ0v) is 11.8. The molecule has 0 spiro atoms. The van der Waals surface area contributed by atoms with Gasteiger partial charge in [0.2, 0.25) is 0 Å². The normalized spacial score (nSPS) is 24.4. The highest BCUT2D eigenvalue weighted by Crippen LogP contribution is 2.20. The zero-order valence-electron chi connectivity index (χ0n) is 11.8. The van der Waals surface area contributed by atoms with Gasteiger partial charge in [0.05, 0.1) is 6.61 Å². The van der Waals surface area contributed by atoms with Crippen molar-refractivity contribution in [3.8, 4) is 5.75 Å². The summed E-state index contributed by atoms with van der Waals surface area (Å²) in [5.41, 5.74) is 0. The lowest BCUT2D eigenvalue weighted by Crippen LogP contribution is -2.47. The topological polar surface area (TPSA) is 29.5 Å². The van der Waals surface area contributed by atoms with Crippen molar-refractivity contribution in [2.24, 2.45) is 5.92 Å². The van der Waals surface area contributed by atoms with Gasteiger partial charge < -0.3 is 4.74 Å². The van der Waals surface area contributed by atoms with Crippen molar-refractivity contribution in [3.63, 3.8) is 0 Å². The van der Waals surface area contributed by atoms with Gasteiger partial charge >= 0.3 is 0 Å². The Bertz CT molecular complexity index is 404. The Morgan fingerprint density at radius 3 is 2.74 bits per heavy atom.